The Morgan fingerprint density at radius 2 is 1.77 bits per heavy atom. The van der Waals surface area contributed by atoms with E-state index in [4.69, 9.17) is 0 Å². The van der Waals surface area contributed by atoms with E-state index in [1.54, 1.807) is 11.1 Å². The first-order valence-corrected chi connectivity index (χ1v) is 9.25. The van der Waals surface area contributed by atoms with Crippen LogP contribution in [0.4, 0.5) is 0 Å². The first-order valence-electron chi connectivity index (χ1n) is 9.25. The van der Waals surface area contributed by atoms with Crippen LogP contribution in [0.1, 0.15) is 79.1 Å². The molecule has 0 amide bonds. The Morgan fingerprint density at radius 1 is 1.05 bits per heavy atom. The largest absolute Gasteiger partial charge is 0.394 e. The van der Waals surface area contributed by atoms with E-state index in [2.05, 4.69) is 27.7 Å². The highest BCUT2D eigenvalue weighted by molar-refractivity contribution is 5.33. The highest BCUT2D eigenvalue weighted by Crippen LogP contribution is 2.62. The molecular formula is C20H34O2. The SMILES string of the molecule is CC1(C)CCCC2=C1CC[C@H]1C[C@@](C)([C@H](O)CO)CC[C@]21C. The summed E-state index contributed by atoms with van der Waals surface area (Å²) in [6, 6.07) is 0. The molecule has 2 N–H and O–H groups in total. The van der Waals surface area contributed by atoms with E-state index in [0.717, 1.165) is 12.8 Å². The second-order valence-electron chi connectivity index (χ2n) is 9.40. The molecule has 0 aromatic carbocycles. The molecule has 0 aromatic rings. The average Bonchev–Trinajstić information content (AvgIpc) is 2.47. The van der Waals surface area contributed by atoms with E-state index in [-0.39, 0.29) is 12.0 Å². The van der Waals surface area contributed by atoms with Gasteiger partial charge in [-0.2, -0.15) is 0 Å². The number of aliphatic hydroxyl groups is 2. The summed E-state index contributed by atoms with van der Waals surface area (Å²) < 4.78 is 0. The predicted octanol–water partition coefficient (Wildman–Crippen LogP) is 4.45. The van der Waals surface area contributed by atoms with Crippen LogP contribution in [0.2, 0.25) is 0 Å². The summed E-state index contributed by atoms with van der Waals surface area (Å²) in [6.07, 6.45) is 9.24. The van der Waals surface area contributed by atoms with Gasteiger partial charge in [-0.3, -0.25) is 0 Å². The maximum atomic E-state index is 10.3. The van der Waals surface area contributed by atoms with Crippen LogP contribution in [0.3, 0.4) is 0 Å². The van der Waals surface area contributed by atoms with Gasteiger partial charge in [0, 0.05) is 0 Å². The van der Waals surface area contributed by atoms with Crippen molar-refractivity contribution in [2.75, 3.05) is 6.61 Å². The molecule has 0 saturated heterocycles. The number of rotatable bonds is 2. The summed E-state index contributed by atoms with van der Waals surface area (Å²) in [5.41, 5.74) is 4.19. The second kappa shape index (κ2) is 5.34. The molecule has 0 spiro atoms. The van der Waals surface area contributed by atoms with Crippen molar-refractivity contribution < 1.29 is 10.2 Å². The smallest absolute Gasteiger partial charge is 0.0824 e. The van der Waals surface area contributed by atoms with Gasteiger partial charge >= 0.3 is 0 Å². The second-order valence-corrected chi connectivity index (χ2v) is 9.40. The molecule has 0 aromatic heterocycles. The lowest BCUT2D eigenvalue weighted by Gasteiger charge is -2.56. The van der Waals surface area contributed by atoms with E-state index >= 15 is 0 Å². The minimum atomic E-state index is -0.560. The van der Waals surface area contributed by atoms with E-state index in [9.17, 15) is 10.2 Å². The lowest BCUT2D eigenvalue weighted by molar-refractivity contribution is -0.0687. The number of hydrogen-bond acceptors (Lipinski definition) is 2. The molecule has 1 fully saturated rings. The fourth-order valence-corrected chi connectivity index (χ4v) is 5.84. The molecule has 3 rings (SSSR count). The van der Waals surface area contributed by atoms with Crippen LogP contribution < -0.4 is 0 Å². The van der Waals surface area contributed by atoms with Gasteiger partial charge in [-0.25, -0.2) is 0 Å². The molecule has 0 heterocycles. The zero-order valence-electron chi connectivity index (χ0n) is 14.9. The third-order valence-electron chi connectivity index (χ3n) is 7.65. The molecule has 0 unspecified atom stereocenters. The normalized spacial score (nSPS) is 42.5. The van der Waals surface area contributed by atoms with Crippen molar-refractivity contribution in [2.45, 2.75) is 85.2 Å². The third-order valence-corrected chi connectivity index (χ3v) is 7.65. The standard InChI is InChI=1S/C20H34O2/c1-18(2)9-5-6-16-15(18)8-7-14-12-19(3,17(22)13-21)10-11-20(14,16)4/h14,17,21-22H,5-13H2,1-4H3/t14-,17+,19-,20-/m0/s1. The molecule has 4 atom stereocenters. The quantitative estimate of drug-likeness (QED) is 0.740. The van der Waals surface area contributed by atoms with Gasteiger partial charge in [-0.05, 0) is 73.5 Å². The van der Waals surface area contributed by atoms with E-state index in [1.165, 1.54) is 38.5 Å². The van der Waals surface area contributed by atoms with Crippen molar-refractivity contribution >= 4 is 0 Å². The predicted molar refractivity (Wildman–Crippen MR) is 90.5 cm³/mol. The van der Waals surface area contributed by atoms with Crippen LogP contribution in [0.25, 0.3) is 0 Å². The molecule has 3 aliphatic rings. The molecule has 0 aliphatic heterocycles. The summed E-state index contributed by atoms with van der Waals surface area (Å²) in [7, 11) is 0. The summed E-state index contributed by atoms with van der Waals surface area (Å²) in [4.78, 5) is 0. The number of allylic oxidation sites excluding steroid dienone is 2. The van der Waals surface area contributed by atoms with Crippen LogP contribution in [-0.2, 0) is 0 Å². The van der Waals surface area contributed by atoms with Crippen molar-refractivity contribution in [3.63, 3.8) is 0 Å². The van der Waals surface area contributed by atoms with Crippen LogP contribution >= 0.6 is 0 Å². The van der Waals surface area contributed by atoms with Crippen molar-refractivity contribution in [3.8, 4) is 0 Å². The Hall–Kier alpha value is -0.340. The van der Waals surface area contributed by atoms with Gasteiger partial charge in [-0.1, -0.05) is 38.8 Å². The summed E-state index contributed by atoms with van der Waals surface area (Å²) in [5.74, 6) is 0.681. The van der Waals surface area contributed by atoms with Crippen molar-refractivity contribution in [1.29, 1.82) is 0 Å². The topological polar surface area (TPSA) is 40.5 Å². The average molecular weight is 306 g/mol. The van der Waals surface area contributed by atoms with Gasteiger partial charge in [0.1, 0.15) is 0 Å². The van der Waals surface area contributed by atoms with Crippen LogP contribution in [0.5, 0.6) is 0 Å². The zero-order chi connectivity index (χ0) is 16.2. The molecule has 2 nitrogen and oxygen atoms in total. The van der Waals surface area contributed by atoms with Crippen LogP contribution in [-0.4, -0.2) is 22.9 Å². The summed E-state index contributed by atoms with van der Waals surface area (Å²) >= 11 is 0. The molecule has 126 valence electrons. The third kappa shape index (κ3) is 2.38. The molecule has 1 saturated carbocycles. The summed E-state index contributed by atoms with van der Waals surface area (Å²) in [6.45, 7) is 9.46. The number of hydrogen-bond donors (Lipinski definition) is 2. The zero-order valence-corrected chi connectivity index (χ0v) is 14.9. The highest BCUT2D eigenvalue weighted by Gasteiger charge is 2.52. The Balaban J connectivity index is 1.92. The monoisotopic (exact) mass is 306 g/mol. The molecule has 2 heteroatoms. The molecule has 0 radical (unpaired) electrons. The number of fused-ring (bicyclic) bond motifs is 2. The Morgan fingerprint density at radius 3 is 2.45 bits per heavy atom. The minimum Gasteiger partial charge on any atom is -0.394 e. The molecule has 22 heavy (non-hydrogen) atoms. The van der Waals surface area contributed by atoms with Gasteiger partial charge < -0.3 is 10.2 Å². The first-order chi connectivity index (χ1) is 10.2. The van der Waals surface area contributed by atoms with E-state index < -0.39 is 6.10 Å². The fourth-order valence-electron chi connectivity index (χ4n) is 5.84. The van der Waals surface area contributed by atoms with Crippen molar-refractivity contribution in [2.24, 2.45) is 22.2 Å². The van der Waals surface area contributed by atoms with Gasteiger partial charge in [0.05, 0.1) is 12.7 Å². The highest BCUT2D eigenvalue weighted by atomic mass is 16.3. The van der Waals surface area contributed by atoms with Gasteiger partial charge in [-0.15, -0.1) is 0 Å². The summed E-state index contributed by atoms with van der Waals surface area (Å²) in [5, 5.41) is 19.7. The Bertz CT molecular complexity index is 478. The van der Waals surface area contributed by atoms with Gasteiger partial charge in [0.15, 0.2) is 0 Å². The van der Waals surface area contributed by atoms with Crippen molar-refractivity contribution in [1.82, 2.24) is 0 Å². The van der Waals surface area contributed by atoms with Crippen LogP contribution in [0, 0.1) is 22.2 Å². The molecule has 0 bridgehead atoms. The number of aliphatic hydroxyl groups excluding tert-OH is 2. The Kier molecular flexibility index (Phi) is 4.01. The van der Waals surface area contributed by atoms with Gasteiger partial charge in [0.25, 0.3) is 0 Å². The maximum Gasteiger partial charge on any atom is 0.0824 e. The maximum absolute atomic E-state index is 10.3. The molecular weight excluding hydrogens is 272 g/mol. The lowest BCUT2D eigenvalue weighted by atomic mass is 9.49. The van der Waals surface area contributed by atoms with E-state index in [1.807, 2.05) is 0 Å². The fraction of sp³-hybridized carbons (Fsp3) is 0.900. The minimum absolute atomic E-state index is 0.0961. The first kappa shape index (κ1) is 16.5. The van der Waals surface area contributed by atoms with E-state index in [0.29, 0.717) is 16.7 Å². The lowest BCUT2D eigenvalue weighted by Crippen LogP contribution is -2.48. The van der Waals surface area contributed by atoms with Crippen LogP contribution in [0.15, 0.2) is 11.1 Å². The van der Waals surface area contributed by atoms with Crippen molar-refractivity contribution in [3.05, 3.63) is 11.1 Å². The van der Waals surface area contributed by atoms with Gasteiger partial charge in [0.2, 0.25) is 0 Å². The molecule has 3 aliphatic carbocycles. The Labute approximate surface area is 136 Å².